The first kappa shape index (κ1) is 13.8. The van der Waals surface area contributed by atoms with E-state index in [0.29, 0.717) is 11.3 Å². The number of rotatable bonds is 5. The molecule has 0 saturated heterocycles. The Hall–Kier alpha value is -2.62. The van der Waals surface area contributed by atoms with Crippen LogP contribution in [0.25, 0.3) is 6.08 Å². The Balaban J connectivity index is 1.97. The van der Waals surface area contributed by atoms with Crippen molar-refractivity contribution in [3.63, 3.8) is 0 Å². The molecule has 2 rings (SSSR count). The quantitative estimate of drug-likeness (QED) is 0.847. The van der Waals surface area contributed by atoms with Crippen LogP contribution >= 0.6 is 0 Å². The normalized spacial score (nSPS) is 10.7. The first-order valence-electron chi connectivity index (χ1n) is 6.02. The number of hydrogen-bond acceptors (Lipinski definition) is 2. The molecule has 0 atom stereocenters. The summed E-state index contributed by atoms with van der Waals surface area (Å²) < 4.78 is 18.9. The number of carboxylic acid groups (broad SMARTS) is 1. The Morgan fingerprint density at radius 2 is 1.85 bits per heavy atom. The van der Waals surface area contributed by atoms with Crippen LogP contribution in [0.2, 0.25) is 0 Å². The first-order valence-corrected chi connectivity index (χ1v) is 6.02. The van der Waals surface area contributed by atoms with Crippen molar-refractivity contribution in [3.8, 4) is 5.75 Å². The van der Waals surface area contributed by atoms with Gasteiger partial charge in [0.05, 0.1) is 0 Å². The number of aliphatic carboxylic acids is 1. The zero-order valence-corrected chi connectivity index (χ0v) is 10.6. The average molecular weight is 272 g/mol. The van der Waals surface area contributed by atoms with Crippen molar-refractivity contribution in [1.82, 2.24) is 0 Å². The van der Waals surface area contributed by atoms with E-state index in [2.05, 4.69) is 0 Å². The average Bonchev–Trinajstić information content (AvgIpc) is 2.45. The second-order valence-corrected chi connectivity index (χ2v) is 4.12. The summed E-state index contributed by atoms with van der Waals surface area (Å²) in [7, 11) is 0. The lowest BCUT2D eigenvalue weighted by Crippen LogP contribution is -1.98. The molecule has 102 valence electrons. The summed E-state index contributed by atoms with van der Waals surface area (Å²) in [5.41, 5.74) is 1.24. The Bertz CT molecular complexity index is 618. The lowest BCUT2D eigenvalue weighted by Gasteiger charge is -2.07. The number of carbonyl (C=O) groups is 1. The highest BCUT2D eigenvalue weighted by atomic mass is 19.1. The van der Waals surface area contributed by atoms with Crippen LogP contribution in [-0.4, -0.2) is 11.1 Å². The Morgan fingerprint density at radius 1 is 1.15 bits per heavy atom. The van der Waals surface area contributed by atoms with Crippen LogP contribution in [0.1, 0.15) is 11.1 Å². The largest absolute Gasteiger partial charge is 0.489 e. The summed E-state index contributed by atoms with van der Waals surface area (Å²) in [6.07, 6.45) is 2.55. The van der Waals surface area contributed by atoms with E-state index in [1.807, 2.05) is 0 Å². The molecule has 0 unspecified atom stereocenters. The highest BCUT2D eigenvalue weighted by molar-refractivity contribution is 5.85. The van der Waals surface area contributed by atoms with Crippen LogP contribution in [-0.2, 0) is 11.4 Å². The molecule has 0 aliphatic carbocycles. The van der Waals surface area contributed by atoms with E-state index in [1.54, 1.807) is 42.5 Å². The summed E-state index contributed by atoms with van der Waals surface area (Å²) in [5, 5.41) is 8.52. The zero-order valence-electron chi connectivity index (χ0n) is 10.6. The van der Waals surface area contributed by atoms with E-state index in [9.17, 15) is 9.18 Å². The van der Waals surface area contributed by atoms with Gasteiger partial charge in [0.25, 0.3) is 0 Å². The molecule has 0 fully saturated rings. The third kappa shape index (κ3) is 3.95. The van der Waals surface area contributed by atoms with Gasteiger partial charge in [-0.15, -0.1) is 0 Å². The maximum atomic E-state index is 13.4. The van der Waals surface area contributed by atoms with Crippen molar-refractivity contribution >= 4 is 12.0 Å². The van der Waals surface area contributed by atoms with Crippen LogP contribution in [0.4, 0.5) is 4.39 Å². The van der Waals surface area contributed by atoms with Gasteiger partial charge in [-0.2, -0.15) is 0 Å². The van der Waals surface area contributed by atoms with Gasteiger partial charge in [-0.1, -0.05) is 30.3 Å². The summed E-state index contributed by atoms with van der Waals surface area (Å²) in [4.78, 5) is 10.4. The zero-order chi connectivity index (χ0) is 14.4. The summed E-state index contributed by atoms with van der Waals surface area (Å²) >= 11 is 0. The predicted molar refractivity (Wildman–Crippen MR) is 73.8 cm³/mol. The molecule has 2 aromatic carbocycles. The fourth-order valence-corrected chi connectivity index (χ4v) is 1.62. The number of benzene rings is 2. The minimum Gasteiger partial charge on any atom is -0.489 e. The lowest BCUT2D eigenvalue weighted by molar-refractivity contribution is -0.131. The van der Waals surface area contributed by atoms with Crippen LogP contribution in [0.3, 0.4) is 0 Å². The Labute approximate surface area is 115 Å². The second kappa shape index (κ2) is 6.52. The summed E-state index contributed by atoms with van der Waals surface area (Å²) in [5.74, 6) is -0.695. The number of carboxylic acids is 1. The molecule has 20 heavy (non-hydrogen) atoms. The van der Waals surface area contributed by atoms with Gasteiger partial charge in [-0.05, 0) is 29.8 Å². The van der Waals surface area contributed by atoms with Gasteiger partial charge in [0, 0.05) is 11.6 Å². The van der Waals surface area contributed by atoms with E-state index >= 15 is 0 Å². The minimum atomic E-state index is -0.995. The highest BCUT2D eigenvalue weighted by Gasteiger charge is 2.01. The summed E-state index contributed by atoms with van der Waals surface area (Å²) in [6, 6.07) is 13.3. The Morgan fingerprint density at radius 3 is 2.50 bits per heavy atom. The standard InChI is InChI=1S/C16H13FO3/c17-15-4-2-1-3-13(15)11-20-14-8-5-12(6-9-14)7-10-16(18)19/h1-10H,11H2,(H,18,19)/b10-7+. The van der Waals surface area contributed by atoms with Crippen molar-refractivity contribution in [2.45, 2.75) is 6.61 Å². The van der Waals surface area contributed by atoms with Gasteiger partial charge >= 0.3 is 5.97 Å². The van der Waals surface area contributed by atoms with Crippen molar-refractivity contribution < 1.29 is 19.0 Å². The smallest absolute Gasteiger partial charge is 0.328 e. The molecule has 3 nitrogen and oxygen atoms in total. The molecule has 0 saturated carbocycles. The fourth-order valence-electron chi connectivity index (χ4n) is 1.62. The molecule has 0 bridgehead atoms. The van der Waals surface area contributed by atoms with Crippen LogP contribution in [0.5, 0.6) is 5.75 Å². The molecule has 0 aromatic heterocycles. The maximum Gasteiger partial charge on any atom is 0.328 e. The monoisotopic (exact) mass is 272 g/mol. The molecule has 1 N–H and O–H groups in total. The number of ether oxygens (including phenoxy) is 1. The fraction of sp³-hybridized carbons (Fsp3) is 0.0625. The van der Waals surface area contributed by atoms with Crippen LogP contribution in [0, 0.1) is 5.82 Å². The van der Waals surface area contributed by atoms with Gasteiger partial charge in [0.1, 0.15) is 18.2 Å². The highest BCUT2D eigenvalue weighted by Crippen LogP contribution is 2.16. The van der Waals surface area contributed by atoms with Gasteiger partial charge in [-0.25, -0.2) is 9.18 Å². The molecule has 2 aromatic rings. The van der Waals surface area contributed by atoms with Crippen molar-refractivity contribution in [3.05, 3.63) is 71.6 Å². The lowest BCUT2D eigenvalue weighted by atomic mass is 10.2. The van der Waals surface area contributed by atoms with E-state index in [-0.39, 0.29) is 12.4 Å². The van der Waals surface area contributed by atoms with Crippen LogP contribution in [0.15, 0.2) is 54.6 Å². The minimum absolute atomic E-state index is 0.150. The van der Waals surface area contributed by atoms with Crippen molar-refractivity contribution in [2.24, 2.45) is 0 Å². The first-order chi connectivity index (χ1) is 9.65. The van der Waals surface area contributed by atoms with Crippen molar-refractivity contribution in [1.29, 1.82) is 0 Å². The molecule has 0 aliphatic rings. The SMILES string of the molecule is O=C(O)/C=C/c1ccc(OCc2ccccc2F)cc1. The molecule has 0 heterocycles. The second-order valence-electron chi connectivity index (χ2n) is 4.12. The van der Waals surface area contributed by atoms with Gasteiger partial charge < -0.3 is 9.84 Å². The molecular formula is C16H13FO3. The third-order valence-electron chi connectivity index (χ3n) is 2.65. The third-order valence-corrected chi connectivity index (χ3v) is 2.65. The molecule has 0 radical (unpaired) electrons. The van der Waals surface area contributed by atoms with E-state index in [0.717, 1.165) is 11.6 Å². The number of halogens is 1. The maximum absolute atomic E-state index is 13.4. The summed E-state index contributed by atoms with van der Waals surface area (Å²) in [6.45, 7) is 0.150. The number of hydrogen-bond donors (Lipinski definition) is 1. The van der Waals surface area contributed by atoms with Gasteiger partial charge in [0.15, 0.2) is 0 Å². The van der Waals surface area contributed by atoms with E-state index in [1.165, 1.54) is 12.1 Å². The molecular weight excluding hydrogens is 259 g/mol. The van der Waals surface area contributed by atoms with Gasteiger partial charge in [-0.3, -0.25) is 0 Å². The van der Waals surface area contributed by atoms with Crippen molar-refractivity contribution in [2.75, 3.05) is 0 Å². The topological polar surface area (TPSA) is 46.5 Å². The molecule has 0 amide bonds. The Kier molecular flexibility index (Phi) is 4.50. The van der Waals surface area contributed by atoms with Crippen LogP contribution < -0.4 is 4.74 Å². The molecule has 0 aliphatic heterocycles. The molecule has 0 spiro atoms. The molecule has 4 heteroatoms. The van der Waals surface area contributed by atoms with Gasteiger partial charge in [0.2, 0.25) is 0 Å². The van der Waals surface area contributed by atoms with E-state index in [4.69, 9.17) is 9.84 Å². The predicted octanol–water partition coefficient (Wildman–Crippen LogP) is 3.50. The van der Waals surface area contributed by atoms with E-state index < -0.39 is 5.97 Å².